The molecule has 0 aliphatic carbocycles. The first-order valence-electron chi connectivity index (χ1n) is 6.81. The summed E-state index contributed by atoms with van der Waals surface area (Å²) in [5.41, 5.74) is 0.844. The van der Waals surface area contributed by atoms with Gasteiger partial charge in [0.05, 0.1) is 0 Å². The number of hydrogen-bond acceptors (Lipinski definition) is 6. The van der Waals surface area contributed by atoms with E-state index in [4.69, 9.17) is 0 Å². The lowest BCUT2D eigenvalue weighted by Gasteiger charge is -1.98. The van der Waals surface area contributed by atoms with Crippen molar-refractivity contribution in [1.82, 2.24) is 19.4 Å². The summed E-state index contributed by atoms with van der Waals surface area (Å²) >= 11 is 1.45. The van der Waals surface area contributed by atoms with Crippen LogP contribution in [0.1, 0.15) is 0 Å². The van der Waals surface area contributed by atoms with Crippen molar-refractivity contribution < 1.29 is 4.21 Å². The second-order valence-electron chi connectivity index (χ2n) is 4.86. The molecule has 1 aromatic heterocycles. The number of aryl methyl sites for hydroxylation is 1. The molecule has 0 fully saturated rings. The summed E-state index contributed by atoms with van der Waals surface area (Å²) in [7, 11) is 4.34. The van der Waals surface area contributed by atoms with Crippen LogP contribution in [0.5, 0.6) is 0 Å². The molecule has 124 valence electrons. The van der Waals surface area contributed by atoms with E-state index < -0.39 is 10.8 Å². The molecule has 23 heavy (non-hydrogen) atoms. The highest BCUT2D eigenvalue weighted by molar-refractivity contribution is 8.33. The van der Waals surface area contributed by atoms with Crippen molar-refractivity contribution in [3.63, 3.8) is 0 Å². The maximum Gasteiger partial charge on any atom is 0.345 e. The molecule has 0 saturated carbocycles. The molecule has 7 nitrogen and oxygen atoms in total. The van der Waals surface area contributed by atoms with Gasteiger partial charge in [0.2, 0.25) is 0 Å². The van der Waals surface area contributed by atoms with Gasteiger partial charge >= 0.3 is 5.69 Å². The monoisotopic (exact) mass is 353 g/mol. The van der Waals surface area contributed by atoms with E-state index in [1.54, 1.807) is 19.1 Å². The SMILES string of the molecule is CSC1=NN(C)CS1=O.Cn1nc(-c2ccccc2)n(C)c1=O. The summed E-state index contributed by atoms with van der Waals surface area (Å²) in [4.78, 5) is 11.4. The van der Waals surface area contributed by atoms with Gasteiger partial charge in [0, 0.05) is 26.7 Å². The lowest BCUT2D eigenvalue weighted by molar-refractivity contribution is 0.427. The summed E-state index contributed by atoms with van der Waals surface area (Å²) in [6.45, 7) is 0. The topological polar surface area (TPSA) is 72.5 Å². The van der Waals surface area contributed by atoms with Gasteiger partial charge in [0.25, 0.3) is 0 Å². The van der Waals surface area contributed by atoms with E-state index in [-0.39, 0.29) is 5.69 Å². The van der Waals surface area contributed by atoms with Gasteiger partial charge in [0.15, 0.2) is 10.2 Å². The normalized spacial score (nSPS) is 16.8. The minimum absolute atomic E-state index is 0.108. The fraction of sp³-hybridized carbons (Fsp3) is 0.357. The van der Waals surface area contributed by atoms with Crippen LogP contribution in [-0.4, -0.2) is 47.1 Å². The van der Waals surface area contributed by atoms with E-state index in [1.165, 1.54) is 21.0 Å². The Labute approximate surface area is 141 Å². The Morgan fingerprint density at radius 3 is 2.22 bits per heavy atom. The number of aromatic nitrogens is 3. The van der Waals surface area contributed by atoms with Crippen LogP contribution in [0.15, 0.2) is 40.2 Å². The molecule has 1 atom stereocenters. The van der Waals surface area contributed by atoms with Gasteiger partial charge < -0.3 is 0 Å². The molecule has 0 N–H and O–H groups in total. The van der Waals surface area contributed by atoms with Crippen LogP contribution in [0.25, 0.3) is 11.4 Å². The number of rotatable bonds is 1. The Bertz CT molecular complexity index is 782. The summed E-state index contributed by atoms with van der Waals surface area (Å²) in [5.74, 6) is 1.24. The molecular weight excluding hydrogens is 334 g/mol. The highest BCUT2D eigenvalue weighted by Gasteiger charge is 2.17. The third-order valence-corrected chi connectivity index (χ3v) is 5.65. The fourth-order valence-corrected chi connectivity index (χ4v) is 3.83. The van der Waals surface area contributed by atoms with Crippen molar-refractivity contribution in [3.05, 3.63) is 40.8 Å². The molecule has 0 amide bonds. The predicted molar refractivity (Wildman–Crippen MR) is 95.6 cm³/mol. The average Bonchev–Trinajstić information content (AvgIpc) is 3.02. The van der Waals surface area contributed by atoms with E-state index in [9.17, 15) is 9.00 Å². The van der Waals surface area contributed by atoms with Gasteiger partial charge in [-0.1, -0.05) is 42.1 Å². The minimum Gasteiger partial charge on any atom is -0.285 e. The maximum atomic E-state index is 11.4. The van der Waals surface area contributed by atoms with Crippen LogP contribution in [0.4, 0.5) is 0 Å². The quantitative estimate of drug-likeness (QED) is 0.766. The van der Waals surface area contributed by atoms with Crippen LogP contribution in [0.2, 0.25) is 0 Å². The second kappa shape index (κ2) is 7.60. The third kappa shape index (κ3) is 4.11. The Hall–Kier alpha value is -1.87. The van der Waals surface area contributed by atoms with Crippen molar-refractivity contribution >= 4 is 26.9 Å². The molecule has 0 radical (unpaired) electrons. The van der Waals surface area contributed by atoms with E-state index in [0.29, 0.717) is 11.7 Å². The molecule has 1 aliphatic rings. The molecule has 0 spiro atoms. The fourth-order valence-electron chi connectivity index (χ4n) is 1.97. The molecule has 2 heterocycles. The number of benzene rings is 1. The largest absolute Gasteiger partial charge is 0.345 e. The standard InChI is InChI=1S/C10H11N3O.C4H8N2OS2/c1-12-9(11-13(2)10(12)14)8-6-4-3-5-7-8;1-6-3-9(7)4(5-6)8-2/h3-7H,1-2H3;3H2,1-2H3. The van der Waals surface area contributed by atoms with Gasteiger partial charge in [0.1, 0.15) is 16.7 Å². The van der Waals surface area contributed by atoms with Gasteiger partial charge in [-0.25, -0.2) is 9.48 Å². The number of hydrogen-bond donors (Lipinski definition) is 0. The van der Waals surface area contributed by atoms with Gasteiger partial charge in [-0.2, -0.15) is 5.10 Å². The summed E-state index contributed by atoms with van der Waals surface area (Å²) in [6, 6.07) is 9.65. The second-order valence-corrected chi connectivity index (χ2v) is 7.25. The molecule has 9 heteroatoms. The summed E-state index contributed by atoms with van der Waals surface area (Å²) in [6.07, 6.45) is 1.88. The Morgan fingerprint density at radius 1 is 1.17 bits per heavy atom. The van der Waals surface area contributed by atoms with Crippen molar-refractivity contribution in [2.75, 3.05) is 19.2 Å². The molecule has 2 aromatic rings. The first-order chi connectivity index (χ1) is 10.9. The summed E-state index contributed by atoms with van der Waals surface area (Å²) < 4.78 is 14.5. The minimum atomic E-state index is -0.852. The van der Waals surface area contributed by atoms with E-state index in [1.807, 2.05) is 43.6 Å². The summed E-state index contributed by atoms with van der Waals surface area (Å²) in [5, 5.41) is 9.84. The number of hydrazone groups is 1. The zero-order chi connectivity index (χ0) is 17.0. The first kappa shape index (κ1) is 17.5. The lowest BCUT2D eigenvalue weighted by Crippen LogP contribution is -2.20. The van der Waals surface area contributed by atoms with Gasteiger partial charge in [-0.15, -0.1) is 5.10 Å². The molecule has 0 bridgehead atoms. The highest BCUT2D eigenvalue weighted by Crippen LogP contribution is 2.13. The lowest BCUT2D eigenvalue weighted by atomic mass is 10.2. The average molecular weight is 353 g/mol. The van der Waals surface area contributed by atoms with E-state index in [0.717, 1.165) is 9.94 Å². The molecular formula is C14H19N5O2S2. The van der Waals surface area contributed by atoms with Gasteiger partial charge in [-0.3, -0.25) is 13.8 Å². The van der Waals surface area contributed by atoms with Crippen LogP contribution in [-0.2, 0) is 24.9 Å². The zero-order valence-electron chi connectivity index (χ0n) is 13.5. The van der Waals surface area contributed by atoms with E-state index in [2.05, 4.69) is 10.2 Å². The van der Waals surface area contributed by atoms with Crippen LogP contribution in [0.3, 0.4) is 0 Å². The van der Waals surface area contributed by atoms with Crippen molar-refractivity contribution in [3.8, 4) is 11.4 Å². The Kier molecular flexibility index (Phi) is 5.78. The molecule has 1 aromatic carbocycles. The molecule has 1 unspecified atom stereocenters. The molecule has 3 rings (SSSR count). The van der Waals surface area contributed by atoms with Crippen LogP contribution in [0, 0.1) is 0 Å². The maximum absolute atomic E-state index is 11.4. The molecule has 1 aliphatic heterocycles. The number of thioether (sulfide) groups is 1. The Balaban J connectivity index is 0.000000185. The highest BCUT2D eigenvalue weighted by atomic mass is 32.2. The smallest absolute Gasteiger partial charge is 0.285 e. The van der Waals surface area contributed by atoms with Crippen molar-refractivity contribution in [2.45, 2.75) is 0 Å². The Morgan fingerprint density at radius 2 is 1.83 bits per heavy atom. The number of nitrogens with zero attached hydrogens (tertiary/aromatic N) is 5. The van der Waals surface area contributed by atoms with Crippen LogP contribution >= 0.6 is 11.8 Å². The third-order valence-electron chi connectivity index (χ3n) is 3.08. The van der Waals surface area contributed by atoms with Crippen molar-refractivity contribution in [2.24, 2.45) is 19.2 Å². The van der Waals surface area contributed by atoms with Crippen LogP contribution < -0.4 is 5.69 Å². The van der Waals surface area contributed by atoms with Gasteiger partial charge in [-0.05, 0) is 6.26 Å². The van der Waals surface area contributed by atoms with Crippen molar-refractivity contribution in [1.29, 1.82) is 0 Å². The predicted octanol–water partition coefficient (Wildman–Crippen LogP) is 1.06. The van der Waals surface area contributed by atoms with E-state index >= 15 is 0 Å². The zero-order valence-corrected chi connectivity index (χ0v) is 15.1. The first-order valence-corrected chi connectivity index (χ1v) is 9.36. The molecule has 0 saturated heterocycles.